The summed E-state index contributed by atoms with van der Waals surface area (Å²) in [4.78, 5) is 36.6. The number of carbonyl (C=O) groups is 3. The predicted octanol–water partition coefficient (Wildman–Crippen LogP) is 4.17. The Bertz CT molecular complexity index is 958. The molecule has 1 aliphatic carbocycles. The maximum atomic E-state index is 12.7. The lowest BCUT2D eigenvalue weighted by atomic mass is 9.98. The quantitative estimate of drug-likeness (QED) is 0.502. The molecule has 1 unspecified atom stereocenters. The van der Waals surface area contributed by atoms with Crippen molar-refractivity contribution in [1.29, 1.82) is 0 Å². The minimum Gasteiger partial charge on any atom is -0.481 e. The molecule has 3 N–H and O–H groups in total. The molecule has 0 aliphatic heterocycles. The van der Waals surface area contributed by atoms with E-state index in [-0.39, 0.29) is 25.0 Å². The number of carboxylic acids is 1. The molecule has 0 aromatic heterocycles. The van der Waals surface area contributed by atoms with E-state index < -0.39 is 29.9 Å². The number of rotatable bonds is 10. The average Bonchev–Trinajstić information content (AvgIpc) is 3.12. The van der Waals surface area contributed by atoms with Crippen LogP contribution in [0.1, 0.15) is 50.7 Å². The topological polar surface area (TPSA) is 105 Å². The second-order valence-electron chi connectivity index (χ2n) is 8.76. The largest absolute Gasteiger partial charge is 0.481 e. The zero-order valence-electron chi connectivity index (χ0n) is 19.3. The number of hydrogen-bond acceptors (Lipinski definition) is 4. The third-order valence-electron chi connectivity index (χ3n) is 6.08. The second-order valence-corrected chi connectivity index (χ2v) is 8.76. The van der Waals surface area contributed by atoms with Crippen molar-refractivity contribution < 1.29 is 24.2 Å². The normalized spacial score (nSPS) is 14.2. The third-order valence-corrected chi connectivity index (χ3v) is 6.08. The first-order chi connectivity index (χ1) is 15.8. The van der Waals surface area contributed by atoms with Crippen LogP contribution in [0.15, 0.2) is 48.5 Å². The number of ether oxygens (including phenoxy) is 1. The van der Waals surface area contributed by atoms with Gasteiger partial charge in [0, 0.05) is 12.5 Å². The Morgan fingerprint density at radius 2 is 1.58 bits per heavy atom. The average molecular weight is 453 g/mol. The van der Waals surface area contributed by atoms with Crippen LogP contribution in [0.4, 0.5) is 4.79 Å². The highest BCUT2D eigenvalue weighted by Crippen LogP contribution is 2.44. The van der Waals surface area contributed by atoms with Crippen LogP contribution < -0.4 is 10.6 Å². The fourth-order valence-electron chi connectivity index (χ4n) is 4.30. The van der Waals surface area contributed by atoms with E-state index >= 15 is 0 Å². The molecule has 0 heterocycles. The maximum absolute atomic E-state index is 12.7. The first kappa shape index (κ1) is 24.3. The van der Waals surface area contributed by atoms with Crippen LogP contribution in [0.25, 0.3) is 11.1 Å². The van der Waals surface area contributed by atoms with Crippen molar-refractivity contribution in [3.05, 3.63) is 59.7 Å². The molecule has 1 aliphatic rings. The lowest BCUT2D eigenvalue weighted by Gasteiger charge is -2.23. The maximum Gasteiger partial charge on any atom is 0.407 e. The number of alkyl carbamates (subject to hydrolysis) is 1. The minimum atomic E-state index is -0.942. The van der Waals surface area contributed by atoms with Crippen molar-refractivity contribution in [1.82, 2.24) is 10.6 Å². The summed E-state index contributed by atoms with van der Waals surface area (Å²) in [6.45, 7) is 5.71. The van der Waals surface area contributed by atoms with Gasteiger partial charge in [-0.3, -0.25) is 9.59 Å². The molecule has 0 fully saturated rings. The zero-order valence-corrected chi connectivity index (χ0v) is 19.3. The molecular weight excluding hydrogens is 420 g/mol. The fraction of sp³-hybridized carbons (Fsp3) is 0.423. The van der Waals surface area contributed by atoms with Gasteiger partial charge in [0.25, 0.3) is 0 Å². The molecule has 33 heavy (non-hydrogen) atoms. The molecule has 2 aromatic carbocycles. The fourth-order valence-corrected chi connectivity index (χ4v) is 4.30. The first-order valence-corrected chi connectivity index (χ1v) is 11.5. The number of aliphatic carboxylic acids is 1. The monoisotopic (exact) mass is 452 g/mol. The van der Waals surface area contributed by atoms with Crippen LogP contribution in [0.5, 0.6) is 0 Å². The Morgan fingerprint density at radius 1 is 1.00 bits per heavy atom. The van der Waals surface area contributed by atoms with E-state index in [1.165, 1.54) is 0 Å². The van der Waals surface area contributed by atoms with Crippen molar-refractivity contribution >= 4 is 18.0 Å². The SMILES string of the molecule is CCCC(CNC(=O)[C@H](NC(=O)OCC1c2ccccc2-c2ccccc21)C(C)C)C(=O)O. The predicted molar refractivity (Wildman–Crippen MR) is 126 cm³/mol. The van der Waals surface area contributed by atoms with E-state index in [0.29, 0.717) is 12.8 Å². The number of fused-ring (bicyclic) bond motifs is 3. The van der Waals surface area contributed by atoms with Gasteiger partial charge in [0.05, 0.1) is 5.92 Å². The Kier molecular flexibility index (Phi) is 8.09. The van der Waals surface area contributed by atoms with Crippen molar-refractivity contribution in [2.75, 3.05) is 13.2 Å². The van der Waals surface area contributed by atoms with Gasteiger partial charge in [-0.25, -0.2) is 4.79 Å². The summed E-state index contributed by atoms with van der Waals surface area (Å²) in [5, 5.41) is 14.6. The number of carbonyl (C=O) groups excluding carboxylic acids is 2. The Morgan fingerprint density at radius 3 is 2.09 bits per heavy atom. The highest BCUT2D eigenvalue weighted by molar-refractivity contribution is 5.86. The summed E-state index contributed by atoms with van der Waals surface area (Å²) >= 11 is 0. The number of benzene rings is 2. The molecule has 2 amide bonds. The van der Waals surface area contributed by atoms with Crippen LogP contribution in [0.2, 0.25) is 0 Å². The Balaban J connectivity index is 1.61. The number of carboxylic acid groups (broad SMARTS) is 1. The second kappa shape index (κ2) is 11.0. The molecule has 0 saturated heterocycles. The summed E-state index contributed by atoms with van der Waals surface area (Å²) < 4.78 is 5.55. The van der Waals surface area contributed by atoms with Crippen molar-refractivity contribution in [3.8, 4) is 11.1 Å². The Labute approximate surface area is 194 Å². The smallest absolute Gasteiger partial charge is 0.407 e. The highest BCUT2D eigenvalue weighted by Gasteiger charge is 2.30. The van der Waals surface area contributed by atoms with E-state index in [1.54, 1.807) is 0 Å². The first-order valence-electron chi connectivity index (χ1n) is 11.5. The van der Waals surface area contributed by atoms with Crippen molar-refractivity contribution in [2.45, 2.75) is 45.6 Å². The van der Waals surface area contributed by atoms with Gasteiger partial charge in [-0.2, -0.15) is 0 Å². The van der Waals surface area contributed by atoms with Crippen molar-refractivity contribution in [2.24, 2.45) is 11.8 Å². The van der Waals surface area contributed by atoms with Gasteiger partial charge in [0.15, 0.2) is 0 Å². The van der Waals surface area contributed by atoms with E-state index in [4.69, 9.17) is 4.74 Å². The number of nitrogens with one attached hydrogen (secondary N) is 2. The molecule has 2 atom stereocenters. The van der Waals surface area contributed by atoms with Gasteiger partial charge in [-0.1, -0.05) is 75.7 Å². The molecule has 7 nitrogen and oxygen atoms in total. The molecular formula is C26H32N2O5. The highest BCUT2D eigenvalue weighted by atomic mass is 16.5. The number of amides is 2. The van der Waals surface area contributed by atoms with Gasteiger partial charge in [0.1, 0.15) is 12.6 Å². The minimum absolute atomic E-state index is 0.0254. The molecule has 0 saturated carbocycles. The van der Waals surface area contributed by atoms with E-state index in [1.807, 2.05) is 57.2 Å². The van der Waals surface area contributed by atoms with Gasteiger partial charge in [0.2, 0.25) is 5.91 Å². The summed E-state index contributed by atoms with van der Waals surface area (Å²) in [7, 11) is 0. The van der Waals surface area contributed by atoms with Gasteiger partial charge >= 0.3 is 12.1 Å². The molecule has 0 radical (unpaired) electrons. The van der Waals surface area contributed by atoms with Crippen molar-refractivity contribution in [3.63, 3.8) is 0 Å². The molecule has 3 rings (SSSR count). The van der Waals surface area contributed by atoms with Gasteiger partial charge in [-0.05, 0) is 34.6 Å². The summed E-state index contributed by atoms with van der Waals surface area (Å²) in [5.41, 5.74) is 4.50. The molecule has 0 bridgehead atoms. The molecule has 7 heteroatoms. The van der Waals surface area contributed by atoms with Crippen LogP contribution >= 0.6 is 0 Å². The number of hydrogen-bond donors (Lipinski definition) is 3. The van der Waals surface area contributed by atoms with E-state index in [2.05, 4.69) is 22.8 Å². The lowest BCUT2D eigenvalue weighted by molar-refractivity contribution is -0.142. The van der Waals surface area contributed by atoms with Crippen LogP contribution in [0.3, 0.4) is 0 Å². The van der Waals surface area contributed by atoms with E-state index in [0.717, 1.165) is 22.3 Å². The Hall–Kier alpha value is -3.35. The standard InChI is InChI=1S/C26H32N2O5/c1-4-9-17(25(30)31)14-27-24(29)23(16(2)3)28-26(32)33-15-22-20-12-7-5-10-18(20)19-11-6-8-13-21(19)22/h5-8,10-13,16-17,22-23H,4,9,14-15H2,1-3H3,(H,27,29)(H,28,32)(H,30,31)/t17?,23-/m1/s1. The van der Waals surface area contributed by atoms with E-state index in [9.17, 15) is 19.5 Å². The third kappa shape index (κ3) is 5.72. The van der Waals surface area contributed by atoms with Crippen LogP contribution in [-0.4, -0.2) is 42.3 Å². The molecule has 176 valence electrons. The molecule has 2 aromatic rings. The molecule has 0 spiro atoms. The zero-order chi connectivity index (χ0) is 24.0. The van der Waals surface area contributed by atoms with Crippen LogP contribution in [0, 0.1) is 11.8 Å². The van der Waals surface area contributed by atoms with Crippen LogP contribution in [-0.2, 0) is 14.3 Å². The van der Waals surface area contributed by atoms with Gasteiger partial charge in [-0.15, -0.1) is 0 Å². The lowest BCUT2D eigenvalue weighted by Crippen LogP contribution is -2.51. The summed E-state index contributed by atoms with van der Waals surface area (Å²) in [5.74, 6) is -2.27. The summed E-state index contributed by atoms with van der Waals surface area (Å²) in [6.07, 6.45) is 0.509. The summed E-state index contributed by atoms with van der Waals surface area (Å²) in [6, 6.07) is 15.3. The van der Waals surface area contributed by atoms with Gasteiger partial charge < -0.3 is 20.5 Å².